The summed E-state index contributed by atoms with van der Waals surface area (Å²) in [5, 5.41) is 19.8. The summed E-state index contributed by atoms with van der Waals surface area (Å²) in [6, 6.07) is 27.6. The number of rotatable bonds is 7. The van der Waals surface area contributed by atoms with Gasteiger partial charge in [0, 0.05) is 11.8 Å². The van der Waals surface area contributed by atoms with Crippen LogP contribution < -0.4 is 10.1 Å². The SMILES string of the molecule is N#Cc1cnn(-c2ccc3ccccc3n2)c1NC(=O)CCCOc1ccc2ccccc2c1. The number of nitriles is 1. The number of hydrogen-bond donors (Lipinski definition) is 1. The molecule has 0 radical (unpaired) electrons. The van der Waals surface area contributed by atoms with E-state index >= 15 is 0 Å². The van der Waals surface area contributed by atoms with Crippen LogP contribution in [-0.4, -0.2) is 27.3 Å². The van der Waals surface area contributed by atoms with Crippen molar-refractivity contribution in [3.8, 4) is 17.6 Å². The van der Waals surface area contributed by atoms with Crippen LogP contribution in [0.25, 0.3) is 27.5 Å². The number of para-hydroxylation sites is 1. The number of pyridine rings is 1. The number of nitrogens with zero attached hydrogens (tertiary/aromatic N) is 4. The topological polar surface area (TPSA) is 92.8 Å². The molecule has 0 aliphatic heterocycles. The minimum atomic E-state index is -0.221. The van der Waals surface area contributed by atoms with Crippen molar-refractivity contribution >= 4 is 33.4 Å². The van der Waals surface area contributed by atoms with Crippen LogP contribution in [0.2, 0.25) is 0 Å². The van der Waals surface area contributed by atoms with Gasteiger partial charge in [0.05, 0.1) is 18.3 Å². The van der Waals surface area contributed by atoms with Crippen molar-refractivity contribution in [1.82, 2.24) is 14.8 Å². The summed E-state index contributed by atoms with van der Waals surface area (Å²) in [6.45, 7) is 0.405. The molecule has 0 spiro atoms. The van der Waals surface area contributed by atoms with E-state index in [0.29, 0.717) is 24.7 Å². The first-order valence-corrected chi connectivity index (χ1v) is 11.0. The second kappa shape index (κ2) is 9.43. The molecule has 166 valence electrons. The van der Waals surface area contributed by atoms with E-state index in [4.69, 9.17) is 4.74 Å². The van der Waals surface area contributed by atoms with Crippen LogP contribution in [0.1, 0.15) is 18.4 Å². The molecule has 0 atom stereocenters. The molecule has 5 rings (SSSR count). The highest BCUT2D eigenvalue weighted by Crippen LogP contribution is 2.22. The first kappa shape index (κ1) is 21.2. The second-order valence-electron chi connectivity index (χ2n) is 7.80. The standard InChI is InChI=1S/C27H21N5O2/c28-17-22-18-29-32(25-14-12-20-7-3-4-9-24(20)30-25)27(22)31-26(33)10-5-15-34-23-13-11-19-6-1-2-8-21(19)16-23/h1-4,6-9,11-14,16,18H,5,10,15H2,(H,31,33). The molecule has 7 heteroatoms. The van der Waals surface area contributed by atoms with E-state index in [1.54, 1.807) is 0 Å². The third kappa shape index (κ3) is 4.43. The molecule has 0 saturated carbocycles. The Labute approximate surface area is 196 Å². The number of benzene rings is 3. The van der Waals surface area contributed by atoms with Gasteiger partial charge in [-0.25, -0.2) is 4.98 Å². The summed E-state index contributed by atoms with van der Waals surface area (Å²) >= 11 is 0. The highest BCUT2D eigenvalue weighted by atomic mass is 16.5. The smallest absolute Gasteiger partial charge is 0.225 e. The third-order valence-electron chi connectivity index (χ3n) is 5.49. The molecule has 0 saturated heterocycles. The number of carbonyl (C=O) groups is 1. The van der Waals surface area contributed by atoms with Gasteiger partial charge in [-0.15, -0.1) is 0 Å². The molecule has 5 aromatic rings. The molecule has 0 aliphatic rings. The van der Waals surface area contributed by atoms with Crippen molar-refractivity contribution in [3.05, 3.63) is 90.6 Å². The number of ether oxygens (including phenoxy) is 1. The summed E-state index contributed by atoms with van der Waals surface area (Å²) < 4.78 is 7.30. The van der Waals surface area contributed by atoms with Crippen molar-refractivity contribution in [2.24, 2.45) is 0 Å². The van der Waals surface area contributed by atoms with E-state index in [2.05, 4.69) is 27.5 Å². The third-order valence-corrected chi connectivity index (χ3v) is 5.49. The Bertz CT molecular complexity index is 1530. The predicted molar refractivity (Wildman–Crippen MR) is 131 cm³/mol. The van der Waals surface area contributed by atoms with E-state index in [0.717, 1.165) is 27.4 Å². The Morgan fingerprint density at radius 3 is 2.59 bits per heavy atom. The van der Waals surface area contributed by atoms with Crippen molar-refractivity contribution in [1.29, 1.82) is 5.26 Å². The number of anilines is 1. The van der Waals surface area contributed by atoms with Crippen LogP contribution in [0.15, 0.2) is 85.1 Å². The molecular weight excluding hydrogens is 426 g/mol. The molecule has 7 nitrogen and oxygen atoms in total. The molecule has 0 unspecified atom stereocenters. The average Bonchev–Trinajstić information content (AvgIpc) is 3.28. The number of aromatic nitrogens is 3. The summed E-state index contributed by atoms with van der Waals surface area (Å²) in [4.78, 5) is 17.2. The van der Waals surface area contributed by atoms with E-state index in [1.165, 1.54) is 10.9 Å². The fraction of sp³-hybridized carbons (Fsp3) is 0.111. The zero-order valence-electron chi connectivity index (χ0n) is 18.3. The minimum Gasteiger partial charge on any atom is -0.494 e. The number of carbonyl (C=O) groups excluding carboxylic acids is 1. The zero-order valence-corrected chi connectivity index (χ0v) is 18.3. The van der Waals surface area contributed by atoms with E-state index < -0.39 is 0 Å². The first-order chi connectivity index (χ1) is 16.7. The number of amides is 1. The number of fused-ring (bicyclic) bond motifs is 2. The normalized spacial score (nSPS) is 10.8. The van der Waals surface area contributed by atoms with Gasteiger partial charge in [0.2, 0.25) is 5.91 Å². The molecule has 1 amide bonds. The highest BCUT2D eigenvalue weighted by Gasteiger charge is 2.16. The van der Waals surface area contributed by atoms with Crippen LogP contribution >= 0.6 is 0 Å². The van der Waals surface area contributed by atoms with Crippen molar-refractivity contribution in [2.45, 2.75) is 12.8 Å². The number of nitrogens with one attached hydrogen (secondary N) is 1. The molecule has 0 aliphatic carbocycles. The van der Waals surface area contributed by atoms with Crippen molar-refractivity contribution in [3.63, 3.8) is 0 Å². The molecule has 2 aromatic heterocycles. The Kier molecular flexibility index (Phi) is 5.87. The van der Waals surface area contributed by atoms with Gasteiger partial charge in [0.25, 0.3) is 0 Å². The lowest BCUT2D eigenvalue weighted by Crippen LogP contribution is -2.17. The van der Waals surface area contributed by atoms with Gasteiger partial charge < -0.3 is 10.1 Å². The lowest BCUT2D eigenvalue weighted by Gasteiger charge is -2.10. The van der Waals surface area contributed by atoms with Gasteiger partial charge >= 0.3 is 0 Å². The molecule has 1 N–H and O–H groups in total. The molecule has 34 heavy (non-hydrogen) atoms. The van der Waals surface area contributed by atoms with Crippen LogP contribution in [0.3, 0.4) is 0 Å². The minimum absolute atomic E-state index is 0.221. The Morgan fingerprint density at radius 1 is 0.971 bits per heavy atom. The molecule has 3 aromatic carbocycles. The van der Waals surface area contributed by atoms with E-state index in [1.807, 2.05) is 72.8 Å². The van der Waals surface area contributed by atoms with Crippen molar-refractivity contribution < 1.29 is 9.53 Å². The van der Waals surface area contributed by atoms with Crippen LogP contribution in [-0.2, 0) is 4.79 Å². The van der Waals surface area contributed by atoms with Crippen LogP contribution in [0.5, 0.6) is 5.75 Å². The quantitative estimate of drug-likeness (QED) is 0.344. The Hall–Kier alpha value is -4.70. The average molecular weight is 447 g/mol. The molecule has 2 heterocycles. The first-order valence-electron chi connectivity index (χ1n) is 11.0. The highest BCUT2D eigenvalue weighted by molar-refractivity contribution is 5.91. The van der Waals surface area contributed by atoms with Gasteiger partial charge in [-0.05, 0) is 47.5 Å². The number of hydrogen-bond acceptors (Lipinski definition) is 5. The van der Waals surface area contributed by atoms with E-state index in [-0.39, 0.29) is 17.9 Å². The summed E-state index contributed by atoms with van der Waals surface area (Å²) in [5.41, 5.74) is 1.08. The Morgan fingerprint density at radius 2 is 1.74 bits per heavy atom. The van der Waals surface area contributed by atoms with Gasteiger partial charge in [0.15, 0.2) is 11.6 Å². The maximum atomic E-state index is 12.6. The summed E-state index contributed by atoms with van der Waals surface area (Å²) in [5.74, 6) is 1.38. The van der Waals surface area contributed by atoms with Gasteiger partial charge in [-0.1, -0.05) is 48.5 Å². The molecular formula is C27H21N5O2. The lowest BCUT2D eigenvalue weighted by molar-refractivity contribution is -0.116. The summed E-state index contributed by atoms with van der Waals surface area (Å²) in [6.07, 6.45) is 2.20. The second-order valence-corrected chi connectivity index (χ2v) is 7.80. The largest absolute Gasteiger partial charge is 0.494 e. The van der Waals surface area contributed by atoms with Gasteiger partial charge in [0.1, 0.15) is 17.4 Å². The fourth-order valence-corrected chi connectivity index (χ4v) is 3.77. The fourth-order valence-electron chi connectivity index (χ4n) is 3.77. The van der Waals surface area contributed by atoms with Gasteiger partial charge in [-0.2, -0.15) is 15.0 Å². The van der Waals surface area contributed by atoms with Crippen LogP contribution in [0, 0.1) is 11.3 Å². The predicted octanol–water partition coefficient (Wildman–Crippen LogP) is 5.24. The van der Waals surface area contributed by atoms with Crippen molar-refractivity contribution in [2.75, 3.05) is 11.9 Å². The van der Waals surface area contributed by atoms with Gasteiger partial charge in [-0.3, -0.25) is 4.79 Å². The summed E-state index contributed by atoms with van der Waals surface area (Å²) in [7, 11) is 0. The lowest BCUT2D eigenvalue weighted by atomic mass is 10.1. The molecule has 0 bridgehead atoms. The Balaban J connectivity index is 1.23. The van der Waals surface area contributed by atoms with Crippen LogP contribution in [0.4, 0.5) is 5.82 Å². The maximum Gasteiger partial charge on any atom is 0.225 e. The zero-order chi connectivity index (χ0) is 23.3. The molecule has 0 fully saturated rings. The monoisotopic (exact) mass is 447 g/mol. The maximum absolute atomic E-state index is 12.6. The van der Waals surface area contributed by atoms with E-state index in [9.17, 15) is 10.1 Å².